The number of thioether (sulfide) groups is 1. The van der Waals surface area contributed by atoms with Crippen LogP contribution >= 0.6 is 11.8 Å². The molecule has 0 aliphatic heterocycles. The molecule has 1 aliphatic rings. The van der Waals surface area contributed by atoms with Gasteiger partial charge in [0, 0.05) is 17.9 Å². The highest BCUT2D eigenvalue weighted by Crippen LogP contribution is 2.29. The smallest absolute Gasteiger partial charge is 0.109 e. The van der Waals surface area contributed by atoms with Gasteiger partial charge in [-0.3, -0.25) is 0 Å². The highest BCUT2D eigenvalue weighted by Gasteiger charge is 2.08. The maximum atomic E-state index is 8.66. The Balaban J connectivity index is 2.09. The summed E-state index contributed by atoms with van der Waals surface area (Å²) in [7, 11) is 1.77. The number of methoxy groups -OCH3 is 1. The molecule has 0 aromatic rings. The fraction of sp³-hybridized carbons (Fsp3) is 0.714. The first-order valence-electron chi connectivity index (χ1n) is 6.56. The average molecular weight is 256 g/mol. The Labute approximate surface area is 109 Å². The van der Waals surface area contributed by atoms with E-state index in [0.29, 0.717) is 6.61 Å². The van der Waals surface area contributed by atoms with Gasteiger partial charge in [-0.05, 0) is 31.1 Å². The molecule has 0 unspecified atom stereocenters. The van der Waals surface area contributed by atoms with Gasteiger partial charge in [0.05, 0.1) is 7.11 Å². The molecule has 98 valence electrons. The number of unbranched alkanes of at least 4 members (excludes halogenated alkanes) is 4. The van der Waals surface area contributed by atoms with Crippen LogP contribution in [0, 0.1) is 0 Å². The van der Waals surface area contributed by atoms with E-state index in [1.807, 2.05) is 11.8 Å². The molecule has 0 aromatic heterocycles. The van der Waals surface area contributed by atoms with E-state index in [9.17, 15) is 0 Å². The van der Waals surface area contributed by atoms with Gasteiger partial charge in [-0.1, -0.05) is 25.3 Å². The molecule has 0 saturated carbocycles. The zero-order valence-electron chi connectivity index (χ0n) is 10.8. The molecule has 17 heavy (non-hydrogen) atoms. The van der Waals surface area contributed by atoms with Gasteiger partial charge in [0.25, 0.3) is 0 Å². The Bertz CT molecular complexity index is 259. The summed E-state index contributed by atoms with van der Waals surface area (Å²) < 4.78 is 5.39. The van der Waals surface area contributed by atoms with E-state index in [0.717, 1.165) is 31.4 Å². The van der Waals surface area contributed by atoms with Crippen LogP contribution in [0.2, 0.25) is 0 Å². The average Bonchev–Trinajstić information content (AvgIpc) is 2.38. The van der Waals surface area contributed by atoms with Crippen LogP contribution in [0.5, 0.6) is 0 Å². The Kier molecular flexibility index (Phi) is 8.28. The lowest BCUT2D eigenvalue weighted by Crippen LogP contribution is -1.95. The van der Waals surface area contributed by atoms with Gasteiger partial charge in [-0.25, -0.2) is 0 Å². The first kappa shape index (κ1) is 14.7. The lowest BCUT2D eigenvalue weighted by atomic mass is 10.1. The Morgan fingerprint density at radius 2 is 2.00 bits per heavy atom. The molecule has 0 fully saturated rings. The van der Waals surface area contributed by atoms with Gasteiger partial charge in [0.15, 0.2) is 0 Å². The predicted octanol–water partition coefficient (Wildman–Crippen LogP) is 3.87. The molecule has 0 radical (unpaired) electrons. The van der Waals surface area contributed by atoms with E-state index in [4.69, 9.17) is 9.84 Å². The van der Waals surface area contributed by atoms with E-state index in [1.165, 1.54) is 29.9 Å². The van der Waals surface area contributed by atoms with Gasteiger partial charge in [0.1, 0.15) is 5.76 Å². The molecule has 0 heterocycles. The van der Waals surface area contributed by atoms with Gasteiger partial charge in [-0.2, -0.15) is 0 Å². The number of ether oxygens (including phenoxy) is 1. The second-order valence-electron chi connectivity index (χ2n) is 4.27. The van der Waals surface area contributed by atoms with Crippen molar-refractivity contribution in [2.24, 2.45) is 0 Å². The van der Waals surface area contributed by atoms with Crippen LogP contribution in [0.4, 0.5) is 0 Å². The topological polar surface area (TPSA) is 29.5 Å². The van der Waals surface area contributed by atoms with Crippen molar-refractivity contribution in [1.82, 2.24) is 0 Å². The first-order valence-corrected chi connectivity index (χ1v) is 7.54. The van der Waals surface area contributed by atoms with E-state index < -0.39 is 0 Å². The number of hydrogen-bond donors (Lipinski definition) is 1. The molecule has 0 bridgehead atoms. The summed E-state index contributed by atoms with van der Waals surface area (Å²) in [6.07, 6.45) is 12.5. The molecule has 1 aliphatic carbocycles. The minimum absolute atomic E-state index is 0.337. The second kappa shape index (κ2) is 9.60. The third kappa shape index (κ3) is 6.18. The van der Waals surface area contributed by atoms with Crippen LogP contribution < -0.4 is 0 Å². The summed E-state index contributed by atoms with van der Waals surface area (Å²) in [6.45, 7) is 0.337. The fourth-order valence-corrected chi connectivity index (χ4v) is 2.99. The van der Waals surface area contributed by atoms with E-state index in [1.54, 1.807) is 7.11 Å². The Morgan fingerprint density at radius 3 is 2.76 bits per heavy atom. The van der Waals surface area contributed by atoms with Crippen molar-refractivity contribution in [1.29, 1.82) is 0 Å². The van der Waals surface area contributed by atoms with E-state index in [-0.39, 0.29) is 0 Å². The third-order valence-electron chi connectivity index (χ3n) is 2.89. The van der Waals surface area contributed by atoms with Crippen molar-refractivity contribution in [3.8, 4) is 0 Å². The molecule has 1 N–H and O–H groups in total. The summed E-state index contributed by atoms with van der Waals surface area (Å²) in [5, 5.41) is 8.66. The predicted molar refractivity (Wildman–Crippen MR) is 75.0 cm³/mol. The third-order valence-corrected chi connectivity index (χ3v) is 4.06. The fourth-order valence-electron chi connectivity index (χ4n) is 1.88. The number of aliphatic hydroxyl groups is 1. The van der Waals surface area contributed by atoms with Gasteiger partial charge in [-0.15, -0.1) is 11.8 Å². The zero-order valence-corrected chi connectivity index (χ0v) is 11.6. The minimum atomic E-state index is 0.337. The van der Waals surface area contributed by atoms with Gasteiger partial charge >= 0.3 is 0 Å². The standard InChI is InChI=1S/C14H24O2S/c1-16-13-9-5-6-10-14(13)17-12-8-4-2-3-7-11-15/h6,10,15H,2-5,7-9,11-12H2,1H3. The summed E-state index contributed by atoms with van der Waals surface area (Å²) in [5.41, 5.74) is 0. The maximum Gasteiger partial charge on any atom is 0.109 e. The lowest BCUT2D eigenvalue weighted by molar-refractivity contribution is 0.275. The molecule has 0 atom stereocenters. The van der Waals surface area contributed by atoms with Crippen molar-refractivity contribution in [2.75, 3.05) is 19.5 Å². The van der Waals surface area contributed by atoms with Crippen LogP contribution in [0.3, 0.4) is 0 Å². The Hall–Kier alpha value is -0.410. The number of hydrogen-bond acceptors (Lipinski definition) is 3. The van der Waals surface area contributed by atoms with Crippen LogP contribution in [-0.4, -0.2) is 24.6 Å². The van der Waals surface area contributed by atoms with Crippen molar-refractivity contribution in [3.63, 3.8) is 0 Å². The summed E-state index contributed by atoms with van der Waals surface area (Å²) >= 11 is 1.91. The minimum Gasteiger partial charge on any atom is -0.500 e. The van der Waals surface area contributed by atoms with Gasteiger partial charge in [0.2, 0.25) is 0 Å². The summed E-state index contributed by atoms with van der Waals surface area (Å²) in [4.78, 5) is 1.31. The van der Waals surface area contributed by atoms with Crippen molar-refractivity contribution in [2.45, 2.75) is 44.9 Å². The molecule has 0 spiro atoms. The molecule has 2 nitrogen and oxygen atoms in total. The van der Waals surface area contributed by atoms with E-state index in [2.05, 4.69) is 12.2 Å². The molecule has 1 rings (SSSR count). The van der Waals surface area contributed by atoms with Crippen LogP contribution in [0.15, 0.2) is 22.8 Å². The zero-order chi connectivity index (χ0) is 12.3. The van der Waals surface area contributed by atoms with Crippen molar-refractivity contribution < 1.29 is 9.84 Å². The van der Waals surface area contributed by atoms with E-state index >= 15 is 0 Å². The number of aliphatic hydroxyl groups excluding tert-OH is 1. The SMILES string of the molecule is COC1=C(SCCCCCCCO)C=CCC1. The largest absolute Gasteiger partial charge is 0.500 e. The molecule has 0 saturated heterocycles. The molecule has 0 aromatic carbocycles. The summed E-state index contributed by atoms with van der Waals surface area (Å²) in [6, 6.07) is 0. The first-order chi connectivity index (χ1) is 8.38. The lowest BCUT2D eigenvalue weighted by Gasteiger charge is -2.14. The normalized spacial score (nSPS) is 15.4. The van der Waals surface area contributed by atoms with Crippen LogP contribution in [0.25, 0.3) is 0 Å². The molecular formula is C14H24O2S. The van der Waals surface area contributed by atoms with Crippen LogP contribution in [0.1, 0.15) is 44.9 Å². The maximum absolute atomic E-state index is 8.66. The molecular weight excluding hydrogens is 232 g/mol. The second-order valence-corrected chi connectivity index (χ2v) is 5.41. The molecule has 3 heteroatoms. The van der Waals surface area contributed by atoms with Crippen molar-refractivity contribution >= 4 is 11.8 Å². The highest BCUT2D eigenvalue weighted by atomic mass is 32.2. The highest BCUT2D eigenvalue weighted by molar-refractivity contribution is 8.03. The summed E-state index contributed by atoms with van der Waals surface area (Å²) in [5.74, 6) is 2.32. The van der Waals surface area contributed by atoms with Gasteiger partial charge < -0.3 is 9.84 Å². The molecule has 0 amide bonds. The number of rotatable bonds is 9. The monoisotopic (exact) mass is 256 g/mol. The van der Waals surface area contributed by atoms with Crippen LogP contribution in [-0.2, 0) is 4.74 Å². The quantitative estimate of drug-likeness (QED) is 0.635. The Morgan fingerprint density at radius 1 is 1.24 bits per heavy atom. The van der Waals surface area contributed by atoms with Crippen molar-refractivity contribution in [3.05, 3.63) is 22.8 Å². The number of allylic oxidation sites excluding steroid dienone is 3.